The van der Waals surface area contributed by atoms with E-state index in [2.05, 4.69) is 44.6 Å². The second-order valence-electron chi connectivity index (χ2n) is 13.8. The summed E-state index contributed by atoms with van der Waals surface area (Å²) in [7, 11) is 0. The number of azide groups is 1. The highest BCUT2D eigenvalue weighted by Crippen LogP contribution is 2.45. The molecule has 45 heavy (non-hydrogen) atoms. The molecule has 0 radical (unpaired) electrons. The van der Waals surface area contributed by atoms with E-state index in [1.54, 1.807) is 0 Å². The van der Waals surface area contributed by atoms with Gasteiger partial charge in [-0.3, -0.25) is 9.59 Å². The Morgan fingerprint density at radius 2 is 1.53 bits per heavy atom. The summed E-state index contributed by atoms with van der Waals surface area (Å²) in [5.41, 5.74) is 12.0. The molecule has 1 aromatic carbocycles. The van der Waals surface area contributed by atoms with Crippen LogP contribution in [0.5, 0.6) is 11.5 Å². The first-order chi connectivity index (χ1) is 21.4. The Morgan fingerprint density at radius 1 is 0.889 bits per heavy atom. The molecule has 9 heteroatoms. The zero-order chi connectivity index (χ0) is 33.4. The van der Waals surface area contributed by atoms with Gasteiger partial charge in [-0.2, -0.15) is 0 Å². The number of fused-ring (bicyclic) bond motifs is 1. The molecule has 0 N–H and O–H groups in total. The van der Waals surface area contributed by atoms with Gasteiger partial charge in [-0.05, 0) is 93.4 Å². The van der Waals surface area contributed by atoms with Gasteiger partial charge in [-0.15, -0.1) is 0 Å². The summed E-state index contributed by atoms with van der Waals surface area (Å²) in [5.74, 6) is 2.85. The van der Waals surface area contributed by atoms with Gasteiger partial charge in [-0.1, -0.05) is 71.3 Å². The zero-order valence-electron chi connectivity index (χ0n) is 29.3. The molecule has 0 bridgehead atoms. The Kier molecular flexibility index (Phi) is 16.8. The van der Waals surface area contributed by atoms with Gasteiger partial charge < -0.3 is 18.9 Å². The highest BCUT2D eigenvalue weighted by molar-refractivity contribution is 5.80. The van der Waals surface area contributed by atoms with Crippen LogP contribution in [-0.4, -0.2) is 43.9 Å². The second-order valence-corrected chi connectivity index (χ2v) is 13.8. The summed E-state index contributed by atoms with van der Waals surface area (Å²) in [4.78, 5) is 27.4. The summed E-state index contributed by atoms with van der Waals surface area (Å²) in [5, 5.41) is 3.36. The van der Waals surface area contributed by atoms with E-state index in [0.29, 0.717) is 11.7 Å². The van der Waals surface area contributed by atoms with E-state index in [-0.39, 0.29) is 44.8 Å². The van der Waals surface area contributed by atoms with Gasteiger partial charge in [0.2, 0.25) is 0 Å². The molecular formula is C36H59N3O6. The summed E-state index contributed by atoms with van der Waals surface area (Å²) in [6.07, 6.45) is 11.8. The zero-order valence-corrected chi connectivity index (χ0v) is 29.3. The highest BCUT2D eigenvalue weighted by atomic mass is 16.6. The Bertz CT molecular complexity index is 1150. The van der Waals surface area contributed by atoms with Gasteiger partial charge in [0, 0.05) is 17.0 Å². The number of rotatable bonds is 21. The van der Waals surface area contributed by atoms with Gasteiger partial charge >= 0.3 is 11.9 Å². The lowest BCUT2D eigenvalue weighted by molar-refractivity contribution is -0.148. The molecule has 2 rings (SSSR count). The Morgan fingerprint density at radius 3 is 2.20 bits per heavy atom. The molecule has 1 aliphatic heterocycles. The number of ether oxygens (including phenoxy) is 4. The topological polar surface area (TPSA) is 120 Å². The molecule has 1 heterocycles. The molecule has 0 saturated heterocycles. The minimum Gasteiger partial charge on any atom is -0.487 e. The van der Waals surface area contributed by atoms with E-state index in [1.165, 1.54) is 38.5 Å². The smallest absolute Gasteiger partial charge is 0.311 e. The van der Waals surface area contributed by atoms with Crippen molar-refractivity contribution in [3.05, 3.63) is 32.7 Å². The SMILES string of the molecule is Cc1c(C)c2c(c(C)c1OC(=O)CCC(=O)OCCOCCN=[N+]=[N-])CC[C@@](C)(CC[C@H](C)CCC[C@H](C)CCCC(C)C)O2. The maximum Gasteiger partial charge on any atom is 0.311 e. The second kappa shape index (κ2) is 19.7. The lowest BCUT2D eigenvalue weighted by Gasteiger charge is -2.39. The molecule has 0 amide bonds. The van der Waals surface area contributed by atoms with Crippen molar-refractivity contribution >= 4 is 11.9 Å². The van der Waals surface area contributed by atoms with Crippen LogP contribution in [0.3, 0.4) is 0 Å². The number of esters is 2. The minimum absolute atomic E-state index is 0.0716. The molecule has 0 aromatic heterocycles. The third-order valence-electron chi connectivity index (χ3n) is 9.24. The van der Waals surface area contributed by atoms with Gasteiger partial charge in [0.05, 0.1) is 26.1 Å². The number of carbonyl (C=O) groups is 2. The normalized spacial score (nSPS) is 17.2. The molecule has 254 valence electrons. The maximum absolute atomic E-state index is 12.7. The average Bonchev–Trinajstić information content (AvgIpc) is 2.99. The maximum atomic E-state index is 12.7. The van der Waals surface area contributed by atoms with Crippen molar-refractivity contribution in [1.29, 1.82) is 0 Å². The van der Waals surface area contributed by atoms with Crippen molar-refractivity contribution in [2.24, 2.45) is 22.9 Å². The molecule has 1 aromatic rings. The predicted molar refractivity (Wildman–Crippen MR) is 179 cm³/mol. The Labute approximate surface area is 271 Å². The highest BCUT2D eigenvalue weighted by Gasteiger charge is 2.35. The van der Waals surface area contributed by atoms with Crippen molar-refractivity contribution in [1.82, 2.24) is 0 Å². The van der Waals surface area contributed by atoms with Crippen LogP contribution in [0.15, 0.2) is 5.11 Å². The molecule has 9 nitrogen and oxygen atoms in total. The van der Waals surface area contributed by atoms with Gasteiger partial charge in [0.15, 0.2) is 0 Å². The number of hydrogen-bond donors (Lipinski definition) is 0. The molecular weight excluding hydrogens is 570 g/mol. The predicted octanol–water partition coefficient (Wildman–Crippen LogP) is 9.30. The largest absolute Gasteiger partial charge is 0.487 e. The Hall–Kier alpha value is -2.77. The van der Waals surface area contributed by atoms with E-state index in [9.17, 15) is 9.59 Å². The first-order valence-electron chi connectivity index (χ1n) is 17.1. The van der Waals surface area contributed by atoms with Crippen LogP contribution >= 0.6 is 0 Å². The number of benzene rings is 1. The van der Waals surface area contributed by atoms with Crippen LogP contribution in [0.4, 0.5) is 0 Å². The molecule has 1 aliphatic rings. The van der Waals surface area contributed by atoms with Crippen molar-refractivity contribution in [2.45, 2.75) is 138 Å². The molecule has 3 atom stereocenters. The van der Waals surface area contributed by atoms with Crippen molar-refractivity contribution in [3.63, 3.8) is 0 Å². The fraction of sp³-hybridized carbons (Fsp3) is 0.778. The van der Waals surface area contributed by atoms with Crippen LogP contribution in [0.25, 0.3) is 10.4 Å². The van der Waals surface area contributed by atoms with E-state index < -0.39 is 11.9 Å². The van der Waals surface area contributed by atoms with E-state index in [0.717, 1.165) is 65.5 Å². The molecule has 0 fully saturated rings. The van der Waals surface area contributed by atoms with E-state index >= 15 is 0 Å². The lowest BCUT2D eigenvalue weighted by Crippen LogP contribution is -2.37. The van der Waals surface area contributed by atoms with Gasteiger partial charge in [0.1, 0.15) is 23.7 Å². The monoisotopic (exact) mass is 629 g/mol. The number of nitrogens with zero attached hydrogens (tertiary/aromatic N) is 3. The van der Waals surface area contributed by atoms with E-state index in [1.807, 2.05) is 20.8 Å². The van der Waals surface area contributed by atoms with Crippen molar-refractivity contribution < 1.29 is 28.5 Å². The molecule has 0 unspecified atom stereocenters. The van der Waals surface area contributed by atoms with Crippen LogP contribution < -0.4 is 9.47 Å². The van der Waals surface area contributed by atoms with Gasteiger partial charge in [0.25, 0.3) is 0 Å². The van der Waals surface area contributed by atoms with Crippen LogP contribution in [0, 0.1) is 38.5 Å². The molecule has 0 spiro atoms. The third kappa shape index (κ3) is 13.6. The van der Waals surface area contributed by atoms with E-state index in [4.69, 9.17) is 24.5 Å². The standard InChI is InChI=1S/C36H59N3O6/c1-25(2)11-9-12-26(3)13-10-14-27(4)17-19-36(8)20-18-31-30(7)34(28(5)29(6)35(31)45-36)44-33(41)16-15-32(40)43-24-23-42-22-21-38-39-37/h25-27H,9-24H2,1-8H3/t26-,27-,36-/m1/s1. The van der Waals surface area contributed by atoms with Crippen molar-refractivity contribution in [2.75, 3.05) is 26.4 Å². The van der Waals surface area contributed by atoms with Gasteiger partial charge in [-0.25, -0.2) is 0 Å². The summed E-state index contributed by atoms with van der Waals surface area (Å²) in [6.45, 7) is 18.4. The van der Waals surface area contributed by atoms with Crippen LogP contribution in [-0.2, 0) is 25.5 Å². The average molecular weight is 630 g/mol. The minimum atomic E-state index is -0.491. The number of carbonyl (C=O) groups excluding carboxylic acids is 2. The quantitative estimate of drug-likeness (QED) is 0.0334. The molecule has 0 saturated carbocycles. The van der Waals surface area contributed by atoms with Crippen LogP contribution in [0.1, 0.15) is 128 Å². The Balaban J connectivity index is 1.84. The fourth-order valence-electron chi connectivity index (χ4n) is 6.05. The summed E-state index contributed by atoms with van der Waals surface area (Å²) in [6, 6.07) is 0. The first-order valence-corrected chi connectivity index (χ1v) is 17.1. The lowest BCUT2D eigenvalue weighted by atomic mass is 9.83. The summed E-state index contributed by atoms with van der Waals surface area (Å²) < 4.78 is 22.9. The van der Waals surface area contributed by atoms with Crippen molar-refractivity contribution in [3.8, 4) is 11.5 Å². The fourth-order valence-corrected chi connectivity index (χ4v) is 6.05. The van der Waals surface area contributed by atoms with Crippen LogP contribution in [0.2, 0.25) is 0 Å². The number of hydrogen-bond acceptors (Lipinski definition) is 7. The first kappa shape index (κ1) is 38.4. The third-order valence-corrected chi connectivity index (χ3v) is 9.24. The summed E-state index contributed by atoms with van der Waals surface area (Å²) >= 11 is 0. The molecule has 0 aliphatic carbocycles.